The molecule has 348 valence electrons. The molecule has 11 rings (SSSR count). The number of hydrogen-bond acceptors (Lipinski definition) is 8. The highest BCUT2D eigenvalue weighted by molar-refractivity contribution is 5.95. The van der Waals surface area contributed by atoms with Gasteiger partial charge in [0.1, 0.15) is 0 Å². The molecule has 8 nitrogen and oxygen atoms in total. The van der Waals surface area contributed by atoms with Crippen molar-refractivity contribution >= 4 is 45.4 Å². The van der Waals surface area contributed by atoms with Crippen LogP contribution >= 0.6 is 0 Å². The van der Waals surface area contributed by atoms with Crippen LogP contribution in [0.1, 0.15) is 33.4 Å². The summed E-state index contributed by atoms with van der Waals surface area (Å²) in [5.74, 6) is 2.74. The topological polar surface area (TPSA) is 83.8 Å². The fourth-order valence-electron chi connectivity index (χ4n) is 10.1. The van der Waals surface area contributed by atoms with Gasteiger partial charge in [-0.3, -0.25) is 0 Å². The van der Waals surface area contributed by atoms with E-state index < -0.39 is 0 Å². The van der Waals surface area contributed by atoms with Crippen LogP contribution in [0.4, 0.5) is 34.6 Å². The number of nitrogens with zero attached hydrogens (tertiary/aromatic N) is 8. The maximum absolute atomic E-state index is 5.43. The van der Waals surface area contributed by atoms with Gasteiger partial charge in [0.05, 0.1) is 17.1 Å². The molecule has 0 saturated heterocycles. The summed E-state index contributed by atoms with van der Waals surface area (Å²) < 4.78 is 0. The first-order valence-electron chi connectivity index (χ1n) is 24.3. The lowest BCUT2D eigenvalue weighted by Gasteiger charge is -2.32. The molecule has 0 amide bonds. The second-order valence-electron chi connectivity index (χ2n) is 18.4. The van der Waals surface area contributed by atoms with Gasteiger partial charge in [0, 0.05) is 27.9 Å². The van der Waals surface area contributed by atoms with Gasteiger partial charge >= 0.3 is 0 Å². The normalized spacial score (nSPS) is 11.2. The van der Waals surface area contributed by atoms with E-state index in [0.29, 0.717) is 35.2 Å². The fourth-order valence-corrected chi connectivity index (χ4v) is 10.1. The van der Waals surface area contributed by atoms with Gasteiger partial charge in [-0.1, -0.05) is 193 Å². The Balaban J connectivity index is 1.19. The van der Waals surface area contributed by atoms with Crippen LogP contribution in [-0.2, 0) is 0 Å². The van der Waals surface area contributed by atoms with Gasteiger partial charge in [-0.05, 0) is 110 Å². The summed E-state index contributed by atoms with van der Waals surface area (Å²) in [6.45, 7) is 13.1. The Bertz CT molecular complexity index is 3660. The van der Waals surface area contributed by atoms with E-state index in [4.69, 9.17) is 29.9 Å². The molecule has 0 aliphatic carbocycles. The summed E-state index contributed by atoms with van der Waals surface area (Å²) in [7, 11) is 0. The second kappa shape index (κ2) is 19.3. The third-order valence-electron chi connectivity index (χ3n) is 13.1. The third kappa shape index (κ3) is 8.86. The quantitative estimate of drug-likeness (QED) is 0.127. The molecule has 9 aromatic carbocycles. The average Bonchev–Trinajstić information content (AvgIpc) is 3.40. The van der Waals surface area contributed by atoms with E-state index in [1.807, 2.05) is 89.8 Å². The molecule has 0 atom stereocenters. The lowest BCUT2D eigenvalue weighted by molar-refractivity contribution is 0.964. The van der Waals surface area contributed by atoms with Gasteiger partial charge < -0.3 is 4.90 Å². The summed E-state index contributed by atoms with van der Waals surface area (Å²) in [6, 6.07) is 70.9. The first-order valence-corrected chi connectivity index (χ1v) is 24.3. The largest absolute Gasteiger partial charge is 0.309 e. The minimum atomic E-state index is 0.343. The van der Waals surface area contributed by atoms with Gasteiger partial charge in [-0.15, -0.1) is 0 Å². The Hall–Kier alpha value is -9.14. The standard InChI is InChI=1S/C64H52N8/c1-41-37-43(3)57(44(4)38-41)71(58-45(5)39-42(2)40-46(58)6)51-33-35-52(36-34-51)72(64-68-60(50-26-14-9-15-27-50)66-62(70-64)56-32-20-28-48-23-16-17-29-54(48)56)63-67-59(49-24-12-8-13-25-49)65-61(69-63)55-31-19-18-30-53(55)47-21-10-7-11-22-47/h7-40H,1-6H3. The van der Waals surface area contributed by atoms with E-state index in [9.17, 15) is 0 Å². The average molecular weight is 933 g/mol. The Morgan fingerprint density at radius 1 is 0.292 bits per heavy atom. The molecule has 0 bridgehead atoms. The molecule has 0 aliphatic heterocycles. The zero-order chi connectivity index (χ0) is 49.3. The van der Waals surface area contributed by atoms with Crippen molar-refractivity contribution in [2.45, 2.75) is 41.5 Å². The van der Waals surface area contributed by atoms with Gasteiger partial charge in [-0.25, -0.2) is 14.9 Å². The maximum atomic E-state index is 5.43. The predicted molar refractivity (Wildman–Crippen MR) is 296 cm³/mol. The molecular weight excluding hydrogens is 881 g/mol. The Morgan fingerprint density at radius 2 is 0.667 bits per heavy atom. The van der Waals surface area contributed by atoms with Crippen LogP contribution in [0.5, 0.6) is 0 Å². The van der Waals surface area contributed by atoms with Crippen molar-refractivity contribution in [3.8, 4) is 56.7 Å². The zero-order valence-corrected chi connectivity index (χ0v) is 41.2. The fraction of sp³-hybridized carbons (Fsp3) is 0.0938. The highest BCUT2D eigenvalue weighted by Gasteiger charge is 2.27. The zero-order valence-electron chi connectivity index (χ0n) is 41.2. The monoisotopic (exact) mass is 932 g/mol. The van der Waals surface area contributed by atoms with E-state index in [-0.39, 0.29) is 0 Å². The molecule has 0 saturated carbocycles. The maximum Gasteiger partial charge on any atom is 0.241 e. The summed E-state index contributed by atoms with van der Waals surface area (Å²) >= 11 is 0. The van der Waals surface area contributed by atoms with Gasteiger partial charge in [-0.2, -0.15) is 19.9 Å². The van der Waals surface area contributed by atoms with E-state index >= 15 is 0 Å². The molecular formula is C64H52N8. The number of hydrogen-bond donors (Lipinski definition) is 0. The number of fused-ring (bicyclic) bond motifs is 1. The minimum absolute atomic E-state index is 0.343. The molecule has 2 heterocycles. The molecule has 11 aromatic rings. The third-order valence-corrected chi connectivity index (χ3v) is 13.1. The van der Waals surface area contributed by atoms with E-state index in [1.54, 1.807) is 0 Å². The van der Waals surface area contributed by atoms with Gasteiger partial charge in [0.25, 0.3) is 0 Å². The molecule has 0 radical (unpaired) electrons. The minimum Gasteiger partial charge on any atom is -0.309 e. The van der Waals surface area contributed by atoms with Crippen molar-refractivity contribution in [2.24, 2.45) is 0 Å². The van der Waals surface area contributed by atoms with Crippen molar-refractivity contribution in [1.82, 2.24) is 29.9 Å². The molecule has 0 aliphatic rings. The molecule has 0 N–H and O–H groups in total. The second-order valence-corrected chi connectivity index (χ2v) is 18.4. The first-order chi connectivity index (χ1) is 35.2. The smallest absolute Gasteiger partial charge is 0.241 e. The summed E-state index contributed by atoms with van der Waals surface area (Å²) in [6.07, 6.45) is 0. The Kier molecular flexibility index (Phi) is 12.2. The highest BCUT2D eigenvalue weighted by Crippen LogP contribution is 2.44. The molecule has 0 spiro atoms. The predicted octanol–water partition coefficient (Wildman–Crippen LogP) is 16.3. The van der Waals surface area contributed by atoms with Crippen molar-refractivity contribution < 1.29 is 0 Å². The van der Waals surface area contributed by atoms with Crippen molar-refractivity contribution in [2.75, 3.05) is 9.80 Å². The van der Waals surface area contributed by atoms with Crippen LogP contribution in [-0.4, -0.2) is 29.9 Å². The Labute approximate surface area is 421 Å². The van der Waals surface area contributed by atoms with Crippen LogP contribution in [0.25, 0.3) is 67.5 Å². The van der Waals surface area contributed by atoms with Crippen LogP contribution < -0.4 is 9.80 Å². The van der Waals surface area contributed by atoms with Crippen LogP contribution in [0.2, 0.25) is 0 Å². The van der Waals surface area contributed by atoms with E-state index in [1.165, 1.54) is 33.4 Å². The van der Waals surface area contributed by atoms with Gasteiger partial charge in [0.15, 0.2) is 23.3 Å². The van der Waals surface area contributed by atoms with Crippen molar-refractivity contribution in [1.29, 1.82) is 0 Å². The SMILES string of the molecule is Cc1cc(C)c(N(c2ccc(N(c3nc(-c4ccccc4)nc(-c4ccccc4-c4ccccc4)n3)c3nc(-c4ccccc4)nc(-c4cccc5ccccc45)n3)cc2)c2c(C)cc(C)cc2C)c(C)c1. The van der Waals surface area contributed by atoms with E-state index in [2.05, 4.69) is 168 Å². The molecule has 2 aromatic heterocycles. The number of aryl methyl sites for hydroxylation is 6. The molecule has 8 heteroatoms. The number of benzene rings is 9. The Morgan fingerprint density at radius 3 is 1.18 bits per heavy atom. The molecule has 0 unspecified atom stereocenters. The summed E-state index contributed by atoms with van der Waals surface area (Å²) in [5, 5.41) is 2.11. The van der Waals surface area contributed by atoms with Crippen molar-refractivity contribution in [3.05, 3.63) is 240 Å². The van der Waals surface area contributed by atoms with Gasteiger partial charge in [0.2, 0.25) is 11.9 Å². The number of aromatic nitrogens is 6. The highest BCUT2D eigenvalue weighted by atomic mass is 15.4. The van der Waals surface area contributed by atoms with Crippen LogP contribution in [0.3, 0.4) is 0 Å². The lowest BCUT2D eigenvalue weighted by atomic mass is 9.98. The lowest BCUT2D eigenvalue weighted by Crippen LogP contribution is -2.19. The first kappa shape index (κ1) is 45.3. The summed E-state index contributed by atoms with van der Waals surface area (Å²) in [5.41, 5.74) is 16.8. The van der Waals surface area contributed by atoms with E-state index in [0.717, 1.165) is 66.9 Å². The molecule has 0 fully saturated rings. The van der Waals surface area contributed by atoms with Crippen molar-refractivity contribution in [3.63, 3.8) is 0 Å². The molecule has 72 heavy (non-hydrogen) atoms. The number of anilines is 6. The van der Waals surface area contributed by atoms with Crippen LogP contribution in [0, 0.1) is 41.5 Å². The number of rotatable bonds is 11. The summed E-state index contributed by atoms with van der Waals surface area (Å²) in [4.78, 5) is 36.3. The van der Waals surface area contributed by atoms with Crippen LogP contribution in [0.15, 0.2) is 206 Å².